The van der Waals surface area contributed by atoms with E-state index in [4.69, 9.17) is 28.3 Å². The number of carbonyl (C=O) groups is 2. The summed E-state index contributed by atoms with van der Waals surface area (Å²) in [7, 11) is -4.07. The zero-order valence-corrected chi connectivity index (χ0v) is 19.9. The molecule has 0 fully saturated rings. The van der Waals surface area contributed by atoms with Crippen LogP contribution in [0.2, 0.25) is 10.0 Å². The minimum atomic E-state index is -4.07. The Balaban J connectivity index is 1.77. The maximum Gasteiger partial charge on any atom is 0.335 e. The summed E-state index contributed by atoms with van der Waals surface area (Å²) in [6.07, 6.45) is 1.32. The summed E-state index contributed by atoms with van der Waals surface area (Å²) >= 11 is 12.1. The molecule has 0 saturated heterocycles. The molecule has 11 heteroatoms. The van der Waals surface area contributed by atoms with Crippen LogP contribution in [0, 0.1) is 0 Å². The van der Waals surface area contributed by atoms with Gasteiger partial charge in [0, 0.05) is 16.6 Å². The first-order valence-corrected chi connectivity index (χ1v) is 12.0. The lowest BCUT2D eigenvalue weighted by Crippen LogP contribution is -2.39. The van der Waals surface area contributed by atoms with E-state index >= 15 is 0 Å². The van der Waals surface area contributed by atoms with E-state index in [1.165, 1.54) is 54.7 Å². The summed E-state index contributed by atoms with van der Waals surface area (Å²) in [5.41, 5.74) is 3.47. The Labute approximate surface area is 206 Å². The van der Waals surface area contributed by atoms with E-state index in [2.05, 4.69) is 10.5 Å². The molecule has 0 aromatic heterocycles. The van der Waals surface area contributed by atoms with Gasteiger partial charge in [0.1, 0.15) is 0 Å². The second-order valence-corrected chi connectivity index (χ2v) is 9.82. The topological polar surface area (TPSA) is 116 Å². The van der Waals surface area contributed by atoms with Crippen LogP contribution < -0.4 is 5.43 Å². The number of carboxylic acid groups (broad SMARTS) is 1. The van der Waals surface area contributed by atoms with Gasteiger partial charge < -0.3 is 5.11 Å². The number of hydrazone groups is 1. The van der Waals surface area contributed by atoms with Crippen molar-refractivity contribution < 1.29 is 23.1 Å². The zero-order valence-electron chi connectivity index (χ0n) is 17.6. The van der Waals surface area contributed by atoms with Gasteiger partial charge in [-0.25, -0.2) is 18.6 Å². The monoisotopic (exact) mass is 519 g/mol. The Morgan fingerprint density at radius 3 is 2.24 bits per heavy atom. The van der Waals surface area contributed by atoms with E-state index in [0.29, 0.717) is 21.2 Å². The maximum atomic E-state index is 13.3. The SMILES string of the molecule is O=C(CN(Cc1ccccc1Cl)S(=O)(=O)c1ccc(Cl)cc1)NN=Cc1ccc(C(=O)O)cc1. The van der Waals surface area contributed by atoms with Gasteiger partial charge in [-0.3, -0.25) is 4.79 Å². The van der Waals surface area contributed by atoms with E-state index in [1.54, 1.807) is 24.3 Å². The number of carbonyl (C=O) groups excluding carboxylic acids is 1. The Morgan fingerprint density at radius 1 is 0.971 bits per heavy atom. The highest BCUT2D eigenvalue weighted by Crippen LogP contribution is 2.23. The summed E-state index contributed by atoms with van der Waals surface area (Å²) in [5.74, 6) is -1.74. The van der Waals surface area contributed by atoms with Gasteiger partial charge in [-0.1, -0.05) is 53.5 Å². The molecule has 0 bridgehead atoms. The number of hydrogen-bond acceptors (Lipinski definition) is 5. The molecule has 3 aromatic rings. The molecular weight excluding hydrogens is 501 g/mol. The van der Waals surface area contributed by atoms with Crippen molar-refractivity contribution in [2.24, 2.45) is 5.10 Å². The fraction of sp³-hybridized carbons (Fsp3) is 0.0870. The summed E-state index contributed by atoms with van der Waals surface area (Å²) in [5, 5.41) is 13.5. The molecule has 0 saturated carbocycles. The van der Waals surface area contributed by atoms with Crippen molar-refractivity contribution in [3.63, 3.8) is 0 Å². The summed E-state index contributed by atoms with van der Waals surface area (Å²) in [6, 6.07) is 18.2. The molecule has 0 unspecified atom stereocenters. The highest BCUT2D eigenvalue weighted by molar-refractivity contribution is 7.89. The smallest absolute Gasteiger partial charge is 0.335 e. The normalized spacial score (nSPS) is 11.6. The number of rotatable bonds is 9. The molecule has 34 heavy (non-hydrogen) atoms. The Hall–Kier alpha value is -3.24. The van der Waals surface area contributed by atoms with E-state index in [9.17, 15) is 18.0 Å². The molecule has 3 rings (SSSR count). The molecule has 176 valence electrons. The van der Waals surface area contributed by atoms with Crippen LogP contribution in [-0.2, 0) is 21.4 Å². The third kappa shape index (κ3) is 6.64. The lowest BCUT2D eigenvalue weighted by atomic mass is 10.1. The fourth-order valence-corrected chi connectivity index (χ4v) is 4.58. The predicted octanol–water partition coefficient (Wildman–Crippen LogP) is 4.03. The molecule has 8 nitrogen and oxygen atoms in total. The minimum absolute atomic E-state index is 0.0289. The van der Waals surface area contributed by atoms with Crippen LogP contribution >= 0.6 is 23.2 Å². The van der Waals surface area contributed by atoms with Crippen molar-refractivity contribution in [1.29, 1.82) is 0 Å². The first-order valence-electron chi connectivity index (χ1n) is 9.81. The molecule has 0 spiro atoms. The molecule has 1 amide bonds. The zero-order chi connectivity index (χ0) is 24.7. The average molecular weight is 520 g/mol. The largest absolute Gasteiger partial charge is 0.478 e. The van der Waals surface area contributed by atoms with Crippen LogP contribution in [-0.4, -0.2) is 42.5 Å². The quantitative estimate of drug-likeness (QED) is 0.327. The van der Waals surface area contributed by atoms with Crippen molar-refractivity contribution in [2.45, 2.75) is 11.4 Å². The van der Waals surface area contributed by atoms with E-state index < -0.39 is 28.4 Å². The van der Waals surface area contributed by atoms with Gasteiger partial charge in [0.2, 0.25) is 10.0 Å². The number of carboxylic acids is 1. The van der Waals surface area contributed by atoms with Gasteiger partial charge in [0.25, 0.3) is 5.91 Å². The van der Waals surface area contributed by atoms with E-state index in [-0.39, 0.29) is 17.0 Å². The highest BCUT2D eigenvalue weighted by Gasteiger charge is 2.27. The molecule has 0 aliphatic heterocycles. The van der Waals surface area contributed by atoms with Crippen LogP contribution in [0.1, 0.15) is 21.5 Å². The number of benzene rings is 3. The first-order chi connectivity index (χ1) is 16.2. The first kappa shape index (κ1) is 25.4. The number of nitrogens with one attached hydrogen (secondary N) is 1. The second kappa shape index (κ2) is 11.3. The number of nitrogens with zero attached hydrogens (tertiary/aromatic N) is 2. The van der Waals surface area contributed by atoms with Gasteiger partial charge in [-0.2, -0.15) is 9.41 Å². The van der Waals surface area contributed by atoms with Crippen LogP contribution in [0.3, 0.4) is 0 Å². The van der Waals surface area contributed by atoms with Crippen molar-refractivity contribution in [3.05, 3.63) is 99.5 Å². The number of amides is 1. The molecule has 3 aromatic carbocycles. The highest BCUT2D eigenvalue weighted by atomic mass is 35.5. The van der Waals surface area contributed by atoms with Crippen molar-refractivity contribution in [1.82, 2.24) is 9.73 Å². The lowest BCUT2D eigenvalue weighted by molar-refractivity contribution is -0.121. The molecule has 2 N–H and O–H groups in total. The number of halogens is 2. The van der Waals surface area contributed by atoms with Crippen LogP contribution in [0.4, 0.5) is 0 Å². The second-order valence-electron chi connectivity index (χ2n) is 7.04. The Morgan fingerprint density at radius 2 is 1.62 bits per heavy atom. The van der Waals surface area contributed by atoms with Gasteiger partial charge >= 0.3 is 5.97 Å². The standard InChI is InChI=1S/C23H19Cl2N3O5S/c24-19-9-11-20(12-10-19)34(32,33)28(14-18-3-1-2-4-21(18)25)15-22(29)27-26-13-16-5-7-17(8-6-16)23(30)31/h1-13H,14-15H2,(H,27,29)(H,30,31). The van der Waals surface area contributed by atoms with Gasteiger partial charge in [0.05, 0.1) is 23.2 Å². The van der Waals surface area contributed by atoms with Gasteiger partial charge in [-0.05, 0) is 53.6 Å². The molecule has 0 atom stereocenters. The molecule has 0 heterocycles. The number of aromatic carboxylic acids is 1. The van der Waals surface area contributed by atoms with Crippen LogP contribution in [0.25, 0.3) is 0 Å². The summed E-state index contributed by atoms with van der Waals surface area (Å²) < 4.78 is 27.5. The lowest BCUT2D eigenvalue weighted by Gasteiger charge is -2.22. The van der Waals surface area contributed by atoms with E-state index in [1.807, 2.05) is 0 Å². The molecule has 0 aliphatic rings. The number of hydrogen-bond donors (Lipinski definition) is 2. The Kier molecular flexibility index (Phi) is 8.41. The summed E-state index contributed by atoms with van der Waals surface area (Å²) in [4.78, 5) is 23.4. The average Bonchev–Trinajstić information content (AvgIpc) is 2.80. The minimum Gasteiger partial charge on any atom is -0.478 e. The van der Waals surface area contributed by atoms with Crippen molar-refractivity contribution in [3.8, 4) is 0 Å². The Bertz CT molecular complexity index is 1310. The van der Waals surface area contributed by atoms with Crippen molar-refractivity contribution in [2.75, 3.05) is 6.54 Å². The van der Waals surface area contributed by atoms with Gasteiger partial charge in [-0.15, -0.1) is 0 Å². The third-order valence-corrected chi connectivity index (χ3v) is 7.06. The third-order valence-electron chi connectivity index (χ3n) is 4.64. The fourth-order valence-electron chi connectivity index (χ4n) is 2.88. The summed E-state index contributed by atoms with van der Waals surface area (Å²) in [6.45, 7) is -0.663. The van der Waals surface area contributed by atoms with Crippen LogP contribution in [0.5, 0.6) is 0 Å². The van der Waals surface area contributed by atoms with Crippen LogP contribution in [0.15, 0.2) is 82.8 Å². The molecular formula is C23H19Cl2N3O5S. The van der Waals surface area contributed by atoms with Gasteiger partial charge in [0.15, 0.2) is 0 Å². The van der Waals surface area contributed by atoms with E-state index in [0.717, 1.165) is 4.31 Å². The molecule has 0 radical (unpaired) electrons. The molecule has 0 aliphatic carbocycles. The predicted molar refractivity (Wildman–Crippen MR) is 130 cm³/mol. The number of sulfonamides is 1. The maximum absolute atomic E-state index is 13.3. The van der Waals surface area contributed by atoms with Crippen molar-refractivity contribution >= 4 is 51.3 Å².